The molecule has 0 saturated carbocycles. The zero-order valence-electron chi connectivity index (χ0n) is 10.3. The second-order valence-corrected chi connectivity index (χ2v) is 6.17. The number of rotatable bonds is 4. The molecule has 1 nitrogen and oxygen atoms in total. The molecule has 2 rings (SSSR count). The van der Waals surface area contributed by atoms with Gasteiger partial charge in [0.05, 0.1) is 0 Å². The van der Waals surface area contributed by atoms with Crippen molar-refractivity contribution in [3.63, 3.8) is 0 Å². The van der Waals surface area contributed by atoms with Gasteiger partial charge in [0.15, 0.2) is 0 Å². The third kappa shape index (κ3) is 3.61. The SMILES string of the molecule is Cc1cc(CN)ccc1CSc1ccc(Br)cc1. The van der Waals surface area contributed by atoms with Crippen LogP contribution in [0.4, 0.5) is 0 Å². The average molecular weight is 322 g/mol. The average Bonchev–Trinajstić information content (AvgIpc) is 2.39. The summed E-state index contributed by atoms with van der Waals surface area (Å²) in [7, 11) is 0. The highest BCUT2D eigenvalue weighted by Gasteiger charge is 2.01. The van der Waals surface area contributed by atoms with Crippen molar-refractivity contribution in [2.75, 3.05) is 0 Å². The minimum atomic E-state index is 0.612. The van der Waals surface area contributed by atoms with E-state index in [0.717, 1.165) is 10.2 Å². The van der Waals surface area contributed by atoms with E-state index in [2.05, 4.69) is 65.3 Å². The first kappa shape index (κ1) is 13.7. The van der Waals surface area contributed by atoms with Gasteiger partial charge in [-0.15, -0.1) is 11.8 Å². The summed E-state index contributed by atoms with van der Waals surface area (Å²) in [5, 5.41) is 0. The van der Waals surface area contributed by atoms with Crippen LogP contribution in [0.25, 0.3) is 0 Å². The van der Waals surface area contributed by atoms with E-state index in [-0.39, 0.29) is 0 Å². The monoisotopic (exact) mass is 321 g/mol. The highest BCUT2D eigenvalue weighted by molar-refractivity contribution is 9.10. The molecule has 0 saturated heterocycles. The van der Waals surface area contributed by atoms with Gasteiger partial charge in [-0.1, -0.05) is 34.1 Å². The Morgan fingerprint density at radius 3 is 2.44 bits per heavy atom. The summed E-state index contributed by atoms with van der Waals surface area (Å²) < 4.78 is 1.12. The number of halogens is 1. The first-order valence-electron chi connectivity index (χ1n) is 5.86. The van der Waals surface area contributed by atoms with Crippen molar-refractivity contribution in [3.05, 3.63) is 63.6 Å². The lowest BCUT2D eigenvalue weighted by Gasteiger charge is -2.07. The topological polar surface area (TPSA) is 26.0 Å². The summed E-state index contributed by atoms with van der Waals surface area (Å²) in [5.41, 5.74) is 9.53. The zero-order chi connectivity index (χ0) is 13.0. The second-order valence-electron chi connectivity index (χ2n) is 4.21. The highest BCUT2D eigenvalue weighted by atomic mass is 79.9. The van der Waals surface area contributed by atoms with Crippen LogP contribution in [0.1, 0.15) is 16.7 Å². The molecule has 0 bridgehead atoms. The third-order valence-electron chi connectivity index (χ3n) is 2.85. The summed E-state index contributed by atoms with van der Waals surface area (Å²) >= 11 is 5.31. The van der Waals surface area contributed by atoms with Gasteiger partial charge in [-0.05, 0) is 47.9 Å². The molecule has 2 aromatic rings. The van der Waals surface area contributed by atoms with Crippen LogP contribution in [-0.2, 0) is 12.3 Å². The standard InChI is InChI=1S/C15H16BrNS/c1-11-8-12(9-17)2-3-13(11)10-18-15-6-4-14(16)5-7-15/h2-8H,9-10,17H2,1H3. The minimum Gasteiger partial charge on any atom is -0.326 e. The maximum Gasteiger partial charge on any atom is 0.0234 e. The number of nitrogens with two attached hydrogens (primary N) is 1. The Balaban J connectivity index is 2.04. The summed E-state index contributed by atoms with van der Waals surface area (Å²) in [6.07, 6.45) is 0. The molecule has 0 aliphatic rings. The Morgan fingerprint density at radius 1 is 1.11 bits per heavy atom. The van der Waals surface area contributed by atoms with E-state index >= 15 is 0 Å². The van der Waals surface area contributed by atoms with Gasteiger partial charge in [-0.2, -0.15) is 0 Å². The quantitative estimate of drug-likeness (QED) is 0.838. The van der Waals surface area contributed by atoms with Crippen LogP contribution in [0, 0.1) is 6.92 Å². The summed E-state index contributed by atoms with van der Waals surface area (Å²) in [6, 6.07) is 14.9. The van der Waals surface area contributed by atoms with E-state index < -0.39 is 0 Å². The van der Waals surface area contributed by atoms with Crippen LogP contribution in [0.2, 0.25) is 0 Å². The van der Waals surface area contributed by atoms with E-state index in [1.165, 1.54) is 21.6 Å². The Labute approximate surface area is 121 Å². The number of hydrogen-bond acceptors (Lipinski definition) is 2. The highest BCUT2D eigenvalue weighted by Crippen LogP contribution is 2.26. The van der Waals surface area contributed by atoms with Crippen molar-refractivity contribution < 1.29 is 0 Å². The molecule has 2 aromatic carbocycles. The molecule has 0 aliphatic heterocycles. The van der Waals surface area contributed by atoms with Crippen LogP contribution in [0.3, 0.4) is 0 Å². The molecule has 94 valence electrons. The molecule has 0 aliphatic carbocycles. The third-order valence-corrected chi connectivity index (χ3v) is 4.44. The van der Waals surface area contributed by atoms with Crippen molar-refractivity contribution in [1.29, 1.82) is 0 Å². The molecular formula is C15H16BrNS. The molecule has 0 aromatic heterocycles. The van der Waals surface area contributed by atoms with Gasteiger partial charge >= 0.3 is 0 Å². The van der Waals surface area contributed by atoms with Gasteiger partial charge in [0.2, 0.25) is 0 Å². The first-order valence-corrected chi connectivity index (χ1v) is 7.64. The number of aryl methyl sites for hydroxylation is 1. The molecular weight excluding hydrogens is 306 g/mol. The van der Waals surface area contributed by atoms with E-state index in [9.17, 15) is 0 Å². The van der Waals surface area contributed by atoms with E-state index in [0.29, 0.717) is 6.54 Å². The second kappa shape index (κ2) is 6.41. The Hall–Kier alpha value is -0.770. The van der Waals surface area contributed by atoms with E-state index in [1.54, 1.807) is 0 Å². The Kier molecular flexibility index (Phi) is 4.87. The van der Waals surface area contributed by atoms with Gasteiger partial charge in [-0.25, -0.2) is 0 Å². The van der Waals surface area contributed by atoms with Gasteiger partial charge in [0.25, 0.3) is 0 Å². The van der Waals surface area contributed by atoms with Crippen LogP contribution < -0.4 is 5.73 Å². The normalized spacial score (nSPS) is 10.6. The fourth-order valence-corrected chi connectivity index (χ4v) is 2.98. The lowest BCUT2D eigenvalue weighted by atomic mass is 10.1. The summed E-state index contributed by atoms with van der Waals surface area (Å²) in [6.45, 7) is 2.76. The summed E-state index contributed by atoms with van der Waals surface area (Å²) in [5.74, 6) is 0.998. The zero-order valence-corrected chi connectivity index (χ0v) is 12.7. The Bertz CT molecular complexity index is 523. The van der Waals surface area contributed by atoms with Gasteiger partial charge in [0, 0.05) is 21.7 Å². The molecule has 0 heterocycles. The largest absolute Gasteiger partial charge is 0.326 e. The van der Waals surface area contributed by atoms with Crippen LogP contribution in [0.15, 0.2) is 51.8 Å². The van der Waals surface area contributed by atoms with Crippen LogP contribution in [0.5, 0.6) is 0 Å². The molecule has 0 fully saturated rings. The molecule has 0 radical (unpaired) electrons. The van der Waals surface area contributed by atoms with Crippen molar-refractivity contribution in [1.82, 2.24) is 0 Å². The fraction of sp³-hybridized carbons (Fsp3) is 0.200. The predicted molar refractivity (Wildman–Crippen MR) is 82.8 cm³/mol. The first-order chi connectivity index (χ1) is 8.69. The molecule has 18 heavy (non-hydrogen) atoms. The van der Waals surface area contributed by atoms with Crippen LogP contribution >= 0.6 is 27.7 Å². The molecule has 3 heteroatoms. The van der Waals surface area contributed by atoms with Crippen molar-refractivity contribution in [2.24, 2.45) is 5.73 Å². The maximum atomic E-state index is 5.64. The molecule has 2 N–H and O–H groups in total. The van der Waals surface area contributed by atoms with Crippen LogP contribution in [-0.4, -0.2) is 0 Å². The number of benzene rings is 2. The lowest BCUT2D eigenvalue weighted by Crippen LogP contribution is -1.97. The van der Waals surface area contributed by atoms with E-state index in [4.69, 9.17) is 5.73 Å². The van der Waals surface area contributed by atoms with Gasteiger partial charge in [-0.3, -0.25) is 0 Å². The maximum absolute atomic E-state index is 5.64. The molecule has 0 spiro atoms. The van der Waals surface area contributed by atoms with Crippen molar-refractivity contribution >= 4 is 27.7 Å². The predicted octanol–water partition coefficient (Wildman–Crippen LogP) is 4.51. The van der Waals surface area contributed by atoms with Gasteiger partial charge < -0.3 is 5.73 Å². The Morgan fingerprint density at radius 2 is 1.83 bits per heavy atom. The number of thioether (sulfide) groups is 1. The molecule has 0 unspecified atom stereocenters. The molecule has 0 atom stereocenters. The molecule has 0 amide bonds. The van der Waals surface area contributed by atoms with Crippen molar-refractivity contribution in [2.45, 2.75) is 24.1 Å². The smallest absolute Gasteiger partial charge is 0.0234 e. The summed E-state index contributed by atoms with van der Waals surface area (Å²) in [4.78, 5) is 1.29. The minimum absolute atomic E-state index is 0.612. The lowest BCUT2D eigenvalue weighted by molar-refractivity contribution is 1.06. The van der Waals surface area contributed by atoms with E-state index in [1.807, 2.05) is 11.8 Å². The van der Waals surface area contributed by atoms with Crippen molar-refractivity contribution in [3.8, 4) is 0 Å². The fourth-order valence-electron chi connectivity index (χ4n) is 1.74. The number of hydrogen-bond donors (Lipinski definition) is 1. The van der Waals surface area contributed by atoms with Gasteiger partial charge in [0.1, 0.15) is 0 Å².